The Hall–Kier alpha value is -1.70. The summed E-state index contributed by atoms with van der Waals surface area (Å²) in [6, 6.07) is 10.3. The molecule has 84 valence electrons. The molecule has 0 aliphatic carbocycles. The van der Waals surface area contributed by atoms with Gasteiger partial charge in [-0.15, -0.1) is 0 Å². The van der Waals surface area contributed by atoms with Gasteiger partial charge in [0.2, 0.25) is 0 Å². The molecule has 0 aliphatic rings. The maximum Gasteiger partial charge on any atom is 0.0630 e. The van der Waals surface area contributed by atoms with Crippen LogP contribution in [-0.4, -0.2) is 0 Å². The van der Waals surface area contributed by atoms with Gasteiger partial charge in [-0.05, 0) is 29.9 Å². The van der Waals surface area contributed by atoms with Crippen LogP contribution in [0, 0.1) is 0 Å². The summed E-state index contributed by atoms with van der Waals surface area (Å²) in [5, 5.41) is 2.24. The van der Waals surface area contributed by atoms with E-state index in [9.17, 15) is 0 Å². The van der Waals surface area contributed by atoms with Crippen molar-refractivity contribution in [2.75, 3.05) is 11.5 Å². The standard InChI is InChI=1S/C14H18N2/c1-2-3-6-11-9-10-7-4-5-8-12(10)14(16)13(11)15/h4-5,7-9H,2-3,6,15-16H2,1H3. The number of hydrogen-bond acceptors (Lipinski definition) is 2. The van der Waals surface area contributed by atoms with Gasteiger partial charge >= 0.3 is 0 Å². The van der Waals surface area contributed by atoms with Crippen LogP contribution < -0.4 is 11.5 Å². The second-order valence-electron chi connectivity index (χ2n) is 4.19. The zero-order chi connectivity index (χ0) is 11.5. The fraction of sp³-hybridized carbons (Fsp3) is 0.286. The van der Waals surface area contributed by atoms with Crippen LogP contribution in [0.4, 0.5) is 11.4 Å². The molecule has 0 heterocycles. The predicted molar refractivity (Wildman–Crippen MR) is 71.4 cm³/mol. The minimum absolute atomic E-state index is 0.726. The van der Waals surface area contributed by atoms with E-state index in [4.69, 9.17) is 11.5 Å². The van der Waals surface area contributed by atoms with Gasteiger partial charge in [0.1, 0.15) is 0 Å². The van der Waals surface area contributed by atoms with E-state index in [0.717, 1.165) is 29.6 Å². The van der Waals surface area contributed by atoms with Crippen molar-refractivity contribution in [1.29, 1.82) is 0 Å². The van der Waals surface area contributed by atoms with Crippen LogP contribution in [0.1, 0.15) is 25.3 Å². The van der Waals surface area contributed by atoms with Crippen molar-refractivity contribution in [3.05, 3.63) is 35.9 Å². The van der Waals surface area contributed by atoms with Crippen molar-refractivity contribution < 1.29 is 0 Å². The highest BCUT2D eigenvalue weighted by molar-refractivity contribution is 5.99. The molecule has 2 aromatic rings. The summed E-state index contributed by atoms with van der Waals surface area (Å²) < 4.78 is 0. The summed E-state index contributed by atoms with van der Waals surface area (Å²) in [5.41, 5.74) is 14.8. The van der Waals surface area contributed by atoms with Gasteiger partial charge in [0.15, 0.2) is 0 Å². The zero-order valence-electron chi connectivity index (χ0n) is 9.66. The number of anilines is 2. The summed E-state index contributed by atoms with van der Waals surface area (Å²) in [5.74, 6) is 0. The Morgan fingerprint density at radius 3 is 2.56 bits per heavy atom. The van der Waals surface area contributed by atoms with Gasteiger partial charge < -0.3 is 11.5 Å². The van der Waals surface area contributed by atoms with Gasteiger partial charge in [-0.1, -0.05) is 37.6 Å². The van der Waals surface area contributed by atoms with E-state index in [1.165, 1.54) is 17.4 Å². The fourth-order valence-corrected chi connectivity index (χ4v) is 2.03. The Morgan fingerprint density at radius 1 is 1.06 bits per heavy atom. The molecule has 2 rings (SSSR count). The quantitative estimate of drug-likeness (QED) is 0.770. The summed E-state index contributed by atoms with van der Waals surface area (Å²) in [7, 11) is 0. The second kappa shape index (κ2) is 4.44. The minimum atomic E-state index is 0.726. The van der Waals surface area contributed by atoms with Crippen molar-refractivity contribution in [3.63, 3.8) is 0 Å². The van der Waals surface area contributed by atoms with E-state index in [1.54, 1.807) is 0 Å². The molecule has 0 aliphatic heterocycles. The van der Waals surface area contributed by atoms with Crippen molar-refractivity contribution in [1.82, 2.24) is 0 Å². The van der Waals surface area contributed by atoms with Crippen LogP contribution in [0.15, 0.2) is 30.3 Å². The van der Waals surface area contributed by atoms with E-state index >= 15 is 0 Å². The molecule has 0 unspecified atom stereocenters. The molecule has 2 heteroatoms. The third kappa shape index (κ3) is 1.83. The summed E-state index contributed by atoms with van der Waals surface area (Å²) in [6.45, 7) is 2.18. The smallest absolute Gasteiger partial charge is 0.0630 e. The first-order chi connectivity index (χ1) is 7.74. The minimum Gasteiger partial charge on any atom is -0.397 e. The van der Waals surface area contributed by atoms with Crippen molar-refractivity contribution in [3.8, 4) is 0 Å². The molecular weight excluding hydrogens is 196 g/mol. The first-order valence-corrected chi connectivity index (χ1v) is 5.79. The SMILES string of the molecule is CCCCc1cc2ccccc2c(N)c1N. The number of benzene rings is 2. The third-order valence-electron chi connectivity index (χ3n) is 3.02. The summed E-state index contributed by atoms with van der Waals surface area (Å²) >= 11 is 0. The molecule has 4 N–H and O–H groups in total. The summed E-state index contributed by atoms with van der Waals surface area (Å²) in [4.78, 5) is 0. The Morgan fingerprint density at radius 2 is 1.81 bits per heavy atom. The maximum absolute atomic E-state index is 6.07. The number of hydrogen-bond donors (Lipinski definition) is 2. The molecule has 0 atom stereocenters. The highest BCUT2D eigenvalue weighted by Gasteiger charge is 2.07. The second-order valence-corrected chi connectivity index (χ2v) is 4.19. The van der Waals surface area contributed by atoms with E-state index in [-0.39, 0.29) is 0 Å². The molecule has 2 aromatic carbocycles. The van der Waals surface area contributed by atoms with Crippen molar-refractivity contribution >= 4 is 22.1 Å². The predicted octanol–water partition coefficient (Wildman–Crippen LogP) is 3.35. The molecular formula is C14H18N2. The maximum atomic E-state index is 6.07. The van der Waals surface area contributed by atoms with E-state index in [2.05, 4.69) is 19.1 Å². The molecule has 0 saturated heterocycles. The van der Waals surface area contributed by atoms with Crippen LogP contribution in [0.2, 0.25) is 0 Å². The average Bonchev–Trinajstić information content (AvgIpc) is 2.32. The fourth-order valence-electron chi connectivity index (χ4n) is 2.03. The highest BCUT2D eigenvalue weighted by atomic mass is 14.7. The molecule has 0 radical (unpaired) electrons. The first-order valence-electron chi connectivity index (χ1n) is 5.79. The first kappa shape index (κ1) is 10.8. The van der Waals surface area contributed by atoms with Crippen LogP contribution in [0.25, 0.3) is 10.8 Å². The molecule has 0 fully saturated rings. The average molecular weight is 214 g/mol. The van der Waals surface area contributed by atoms with Gasteiger partial charge in [-0.3, -0.25) is 0 Å². The van der Waals surface area contributed by atoms with Crippen LogP contribution in [0.5, 0.6) is 0 Å². The molecule has 0 spiro atoms. The van der Waals surface area contributed by atoms with Gasteiger partial charge in [0.05, 0.1) is 11.4 Å². The number of nitrogen functional groups attached to an aromatic ring is 2. The Balaban J connectivity index is 2.55. The Kier molecular flexibility index (Phi) is 3.00. The third-order valence-corrected chi connectivity index (χ3v) is 3.02. The van der Waals surface area contributed by atoms with Gasteiger partial charge in [0, 0.05) is 5.39 Å². The Bertz CT molecular complexity index is 503. The lowest BCUT2D eigenvalue weighted by molar-refractivity contribution is 0.797. The largest absolute Gasteiger partial charge is 0.397 e. The molecule has 0 amide bonds. The van der Waals surface area contributed by atoms with E-state index < -0.39 is 0 Å². The molecule has 0 bridgehead atoms. The Labute approximate surface area is 96.3 Å². The monoisotopic (exact) mass is 214 g/mol. The lowest BCUT2D eigenvalue weighted by Crippen LogP contribution is -2.01. The normalized spacial score (nSPS) is 10.8. The summed E-state index contributed by atoms with van der Waals surface area (Å²) in [6.07, 6.45) is 3.34. The number of fused-ring (bicyclic) bond motifs is 1. The topological polar surface area (TPSA) is 52.0 Å². The number of nitrogens with two attached hydrogens (primary N) is 2. The van der Waals surface area contributed by atoms with Crippen LogP contribution in [-0.2, 0) is 6.42 Å². The van der Waals surface area contributed by atoms with Gasteiger partial charge in [-0.25, -0.2) is 0 Å². The van der Waals surface area contributed by atoms with Crippen LogP contribution >= 0.6 is 0 Å². The molecule has 0 aromatic heterocycles. The van der Waals surface area contributed by atoms with Crippen LogP contribution in [0.3, 0.4) is 0 Å². The number of aryl methyl sites for hydroxylation is 1. The molecule has 0 saturated carbocycles. The lowest BCUT2D eigenvalue weighted by Gasteiger charge is -2.11. The number of unbranched alkanes of at least 4 members (excludes halogenated alkanes) is 1. The van der Waals surface area contributed by atoms with Gasteiger partial charge in [0.25, 0.3) is 0 Å². The van der Waals surface area contributed by atoms with Crippen molar-refractivity contribution in [2.24, 2.45) is 0 Å². The zero-order valence-corrected chi connectivity index (χ0v) is 9.66. The highest BCUT2D eigenvalue weighted by Crippen LogP contribution is 2.31. The lowest BCUT2D eigenvalue weighted by atomic mass is 9.99. The van der Waals surface area contributed by atoms with Gasteiger partial charge in [-0.2, -0.15) is 0 Å². The van der Waals surface area contributed by atoms with E-state index in [1.807, 2.05) is 18.2 Å². The van der Waals surface area contributed by atoms with Crippen molar-refractivity contribution in [2.45, 2.75) is 26.2 Å². The molecule has 2 nitrogen and oxygen atoms in total. The number of rotatable bonds is 3. The van der Waals surface area contributed by atoms with E-state index in [0.29, 0.717) is 0 Å². The molecule has 16 heavy (non-hydrogen) atoms.